The highest BCUT2D eigenvalue weighted by Crippen LogP contribution is 2.50. The van der Waals surface area contributed by atoms with Crippen molar-refractivity contribution in [1.82, 2.24) is 29.7 Å². The number of piperidine rings is 6. The number of fused-ring (bicyclic) bond motifs is 8. The van der Waals surface area contributed by atoms with Crippen LogP contribution in [-0.4, -0.2) is 82.2 Å². The Labute approximate surface area is 388 Å². The molecule has 6 fully saturated rings. The van der Waals surface area contributed by atoms with Gasteiger partial charge in [0.25, 0.3) is 0 Å². The molecule has 0 amide bonds. The lowest BCUT2D eigenvalue weighted by Crippen LogP contribution is -2.56. The van der Waals surface area contributed by atoms with Gasteiger partial charge in [0.05, 0.1) is 37.3 Å². The van der Waals surface area contributed by atoms with Gasteiger partial charge in [-0.15, -0.1) is 0 Å². The second kappa shape index (κ2) is 18.3. The highest BCUT2D eigenvalue weighted by Gasteiger charge is 2.47. The summed E-state index contributed by atoms with van der Waals surface area (Å²) in [4.78, 5) is 26.0. The molecule has 9 heterocycles. The fourth-order valence-electron chi connectivity index (χ4n) is 12.1. The van der Waals surface area contributed by atoms with Crippen molar-refractivity contribution in [3.63, 3.8) is 0 Å². The first-order valence-corrected chi connectivity index (χ1v) is 24.2. The van der Waals surface area contributed by atoms with Crippen molar-refractivity contribution < 1.29 is 18.9 Å². The van der Waals surface area contributed by atoms with Gasteiger partial charge in [-0.2, -0.15) is 9.97 Å². The number of ether oxygens (including phenoxy) is 4. The van der Waals surface area contributed by atoms with E-state index in [0.717, 1.165) is 100 Å². The molecule has 338 valence electrons. The average Bonchev–Trinajstić information content (AvgIpc) is 3.39. The fourth-order valence-corrected chi connectivity index (χ4v) is 12.1. The van der Waals surface area contributed by atoms with Gasteiger partial charge in [-0.25, -0.2) is 0 Å². The number of rotatable bonds is 14. The molecule has 6 saturated heterocycles. The fraction of sp³-hybridized carbons (Fsp3) is 0.393. The standard InChI is InChI=1S/C56H60N6O4/c1-5-35-33-61-27-23-39(35)29-49(61)52(43-21-25-57-47-19-17-41(63-3)31-45(43)47)65-55-51(37-13-9-7-10-14-37)56(60-54(59-55)38-15-11-8-12-16-38)66-53(50-30-40-24-28-62(50)34-36(40)6-2)44-22-26-58-48-20-18-42(64-4)32-46(44)48/h7-22,25-26,31-32,35-36,39-40,49-50,52-53H,5-6,23-24,27-30,33-34H2,1-4H3/t35-,36-,39-,40+,49-,50-,52-,53-/m1/s1. The van der Waals surface area contributed by atoms with Crippen LogP contribution in [0.15, 0.2) is 122 Å². The van der Waals surface area contributed by atoms with E-state index in [1.54, 1.807) is 14.2 Å². The first-order chi connectivity index (χ1) is 32.5. The minimum Gasteiger partial charge on any atom is -0.497 e. The Morgan fingerprint density at radius 3 is 1.47 bits per heavy atom. The van der Waals surface area contributed by atoms with E-state index in [2.05, 4.69) is 90.4 Å². The lowest BCUT2D eigenvalue weighted by molar-refractivity contribution is -0.0510. The summed E-state index contributed by atoms with van der Waals surface area (Å²) in [7, 11) is 3.44. The van der Waals surface area contributed by atoms with Crippen LogP contribution in [0.4, 0.5) is 0 Å². The molecule has 0 N–H and O–H groups in total. The van der Waals surface area contributed by atoms with Crippen LogP contribution in [0.2, 0.25) is 0 Å². The summed E-state index contributed by atoms with van der Waals surface area (Å²) >= 11 is 0. The molecule has 0 aliphatic carbocycles. The zero-order valence-corrected chi connectivity index (χ0v) is 38.6. The molecule has 0 saturated carbocycles. The van der Waals surface area contributed by atoms with Crippen LogP contribution in [0.1, 0.15) is 75.7 Å². The monoisotopic (exact) mass is 880 g/mol. The summed E-state index contributed by atoms with van der Waals surface area (Å²) in [5.41, 5.74) is 6.48. The number of pyridine rings is 2. The lowest BCUT2D eigenvalue weighted by Gasteiger charge is -2.52. The molecule has 0 spiro atoms. The molecule has 10 heteroatoms. The topological polar surface area (TPSA) is 95.0 Å². The van der Waals surface area contributed by atoms with E-state index < -0.39 is 12.2 Å². The smallest absolute Gasteiger partial charge is 0.229 e. The Morgan fingerprint density at radius 1 is 0.576 bits per heavy atom. The van der Waals surface area contributed by atoms with E-state index in [4.69, 9.17) is 38.9 Å². The second-order valence-electron chi connectivity index (χ2n) is 18.9. The Hall–Kier alpha value is -6.10. The van der Waals surface area contributed by atoms with Gasteiger partial charge < -0.3 is 18.9 Å². The van der Waals surface area contributed by atoms with E-state index in [1.165, 1.54) is 25.7 Å². The van der Waals surface area contributed by atoms with Crippen molar-refractivity contribution in [3.8, 4) is 45.8 Å². The number of methoxy groups -OCH3 is 2. The summed E-state index contributed by atoms with van der Waals surface area (Å²) in [5.74, 6) is 5.70. The molecule has 10 atom stereocenters. The van der Waals surface area contributed by atoms with Gasteiger partial charge in [0.2, 0.25) is 11.8 Å². The van der Waals surface area contributed by atoms with Gasteiger partial charge >= 0.3 is 0 Å². The molecule has 4 bridgehead atoms. The van der Waals surface area contributed by atoms with E-state index in [0.29, 0.717) is 41.3 Å². The highest BCUT2D eigenvalue weighted by atomic mass is 16.5. The number of aromatic nitrogens is 4. The third-order valence-electron chi connectivity index (χ3n) is 15.6. The van der Waals surface area contributed by atoms with Crippen LogP contribution >= 0.6 is 0 Å². The zero-order valence-electron chi connectivity index (χ0n) is 38.6. The third kappa shape index (κ3) is 7.91. The maximum Gasteiger partial charge on any atom is 0.229 e. The Morgan fingerprint density at radius 2 is 1.05 bits per heavy atom. The summed E-state index contributed by atoms with van der Waals surface area (Å²) < 4.78 is 27.2. The predicted octanol–water partition coefficient (Wildman–Crippen LogP) is 11.4. The normalized spacial score (nSPS) is 25.4. The molecule has 6 aliphatic heterocycles. The zero-order chi connectivity index (χ0) is 44.7. The van der Waals surface area contributed by atoms with Crippen LogP contribution in [0.3, 0.4) is 0 Å². The Bertz CT molecular complexity index is 2680. The molecular formula is C56H60N6O4. The number of hydrogen-bond donors (Lipinski definition) is 0. The number of nitrogens with zero attached hydrogens (tertiary/aromatic N) is 6. The van der Waals surface area contributed by atoms with E-state index >= 15 is 0 Å². The Balaban J connectivity index is 1.13. The van der Waals surface area contributed by atoms with E-state index in [-0.39, 0.29) is 12.1 Å². The summed E-state index contributed by atoms with van der Waals surface area (Å²) in [6, 6.07) is 37.4. The summed E-state index contributed by atoms with van der Waals surface area (Å²) in [5, 5.41) is 2.02. The molecule has 66 heavy (non-hydrogen) atoms. The molecule has 10 nitrogen and oxygen atoms in total. The quantitative estimate of drug-likeness (QED) is 0.105. The highest BCUT2D eigenvalue weighted by molar-refractivity contribution is 5.85. The van der Waals surface area contributed by atoms with Gasteiger partial charge in [-0.1, -0.05) is 87.4 Å². The van der Waals surface area contributed by atoms with Crippen molar-refractivity contribution in [2.45, 2.75) is 76.7 Å². The third-order valence-corrected chi connectivity index (χ3v) is 15.6. The van der Waals surface area contributed by atoms with Gasteiger partial charge in [-0.3, -0.25) is 19.8 Å². The predicted molar refractivity (Wildman–Crippen MR) is 260 cm³/mol. The van der Waals surface area contributed by atoms with Crippen molar-refractivity contribution >= 4 is 21.8 Å². The Kier molecular flexibility index (Phi) is 11.8. The molecule has 2 unspecified atom stereocenters. The first kappa shape index (κ1) is 42.5. The molecule has 4 aromatic carbocycles. The van der Waals surface area contributed by atoms with Crippen LogP contribution in [0, 0.1) is 23.7 Å². The molecule has 13 rings (SSSR count). The largest absolute Gasteiger partial charge is 0.497 e. The lowest BCUT2D eigenvalue weighted by atomic mass is 9.72. The van der Waals surface area contributed by atoms with Crippen molar-refractivity contribution in [1.29, 1.82) is 0 Å². The van der Waals surface area contributed by atoms with Gasteiger partial charge in [0.15, 0.2) is 5.82 Å². The van der Waals surface area contributed by atoms with Crippen molar-refractivity contribution in [2.24, 2.45) is 23.7 Å². The number of hydrogen-bond acceptors (Lipinski definition) is 10. The van der Waals surface area contributed by atoms with Gasteiger partial charge in [0.1, 0.15) is 29.3 Å². The molecule has 6 aliphatic rings. The van der Waals surface area contributed by atoms with Crippen molar-refractivity contribution in [3.05, 3.63) is 133 Å². The summed E-state index contributed by atoms with van der Waals surface area (Å²) in [6.07, 6.45) is 9.90. The van der Waals surface area contributed by atoms with Gasteiger partial charge in [0, 0.05) is 52.9 Å². The minimum absolute atomic E-state index is 0.106. The van der Waals surface area contributed by atoms with Crippen LogP contribution in [0.25, 0.3) is 44.3 Å². The van der Waals surface area contributed by atoms with E-state index in [1.807, 2.05) is 54.9 Å². The summed E-state index contributed by atoms with van der Waals surface area (Å²) in [6.45, 7) is 8.88. The second-order valence-corrected chi connectivity index (χ2v) is 18.9. The van der Waals surface area contributed by atoms with Crippen molar-refractivity contribution in [2.75, 3.05) is 40.4 Å². The average molecular weight is 881 g/mol. The van der Waals surface area contributed by atoms with Crippen LogP contribution in [0.5, 0.6) is 23.3 Å². The first-order valence-electron chi connectivity index (χ1n) is 24.2. The molecular weight excluding hydrogens is 821 g/mol. The van der Waals surface area contributed by atoms with Gasteiger partial charge in [-0.05, 0) is 117 Å². The SMILES string of the molecule is CC[C@@H]1CN2CC[C@@H]1C[C@@H]2[C@H](Oc1nc(-c2ccccc2)nc(O[C@H](c2ccnc3ccc(OC)cc23)[C@H]2C[C@@H]3CCN2C[C@H]3CC)c1-c1ccccc1)c1ccnc2ccc(OC)cc12. The molecule has 0 radical (unpaired) electrons. The van der Waals surface area contributed by atoms with Crippen LogP contribution < -0.4 is 18.9 Å². The maximum absolute atomic E-state index is 7.76. The molecule has 7 aromatic rings. The maximum atomic E-state index is 7.76. The van der Waals surface area contributed by atoms with Crippen LogP contribution in [-0.2, 0) is 0 Å². The number of benzene rings is 4. The van der Waals surface area contributed by atoms with E-state index in [9.17, 15) is 0 Å². The molecule has 3 aromatic heterocycles. The minimum atomic E-state index is -0.393.